The van der Waals surface area contributed by atoms with E-state index in [1.165, 1.54) is 12.8 Å². The number of ether oxygens (including phenoxy) is 3. The molecule has 0 aromatic heterocycles. The van der Waals surface area contributed by atoms with Gasteiger partial charge in [0.25, 0.3) is 0 Å². The van der Waals surface area contributed by atoms with E-state index in [2.05, 4.69) is 130 Å². The third kappa shape index (κ3) is 44.6. The van der Waals surface area contributed by atoms with Gasteiger partial charge in [-0.25, -0.2) is 0 Å². The van der Waals surface area contributed by atoms with Gasteiger partial charge in [0.15, 0.2) is 6.10 Å². The normalized spacial score (nSPS) is 13.3. The number of esters is 3. The van der Waals surface area contributed by atoms with Crippen LogP contribution in [0.5, 0.6) is 0 Å². The zero-order valence-corrected chi connectivity index (χ0v) is 37.9. The first-order chi connectivity index (χ1) is 29.5. The summed E-state index contributed by atoms with van der Waals surface area (Å²) >= 11 is 0. The fourth-order valence-corrected chi connectivity index (χ4v) is 5.48. The van der Waals surface area contributed by atoms with Crippen LogP contribution in [0.2, 0.25) is 0 Å². The summed E-state index contributed by atoms with van der Waals surface area (Å²) in [4.78, 5) is 37.7. The summed E-state index contributed by atoms with van der Waals surface area (Å²) in [6.07, 6.45) is 66.1. The molecule has 0 spiro atoms. The molecule has 0 aromatic rings. The summed E-state index contributed by atoms with van der Waals surface area (Å²) in [5, 5.41) is 0. The molecule has 0 aliphatic heterocycles. The predicted molar refractivity (Wildman–Crippen MR) is 256 cm³/mol. The summed E-state index contributed by atoms with van der Waals surface area (Å²) < 4.78 is 16.5. The lowest BCUT2D eigenvalue weighted by Gasteiger charge is -2.18. The van der Waals surface area contributed by atoms with Crippen LogP contribution in [0.25, 0.3) is 0 Å². The Bertz CT molecular complexity index is 1370. The predicted octanol–water partition coefficient (Wildman–Crippen LogP) is 15.1. The number of rotatable bonds is 39. The molecule has 0 aromatic carbocycles. The van der Waals surface area contributed by atoms with Crippen molar-refractivity contribution in [3.63, 3.8) is 0 Å². The second kappa shape index (κ2) is 47.2. The number of allylic oxidation sites excluding steroid dienone is 22. The van der Waals surface area contributed by atoms with Gasteiger partial charge in [-0.3, -0.25) is 14.4 Å². The van der Waals surface area contributed by atoms with Crippen molar-refractivity contribution in [3.8, 4) is 0 Å². The van der Waals surface area contributed by atoms with Crippen LogP contribution in [0.4, 0.5) is 0 Å². The van der Waals surface area contributed by atoms with Crippen LogP contribution < -0.4 is 0 Å². The van der Waals surface area contributed by atoms with E-state index in [1.54, 1.807) is 0 Å². The van der Waals surface area contributed by atoms with Crippen molar-refractivity contribution in [1.29, 1.82) is 0 Å². The minimum absolute atomic E-state index is 0.140. The van der Waals surface area contributed by atoms with Gasteiger partial charge in [-0.1, -0.05) is 180 Å². The highest BCUT2D eigenvalue weighted by Crippen LogP contribution is 2.10. The maximum Gasteiger partial charge on any atom is 0.306 e. The highest BCUT2D eigenvalue weighted by molar-refractivity contribution is 5.71. The third-order valence-corrected chi connectivity index (χ3v) is 8.88. The fraction of sp³-hybridized carbons (Fsp3) is 0.537. The fourth-order valence-electron chi connectivity index (χ4n) is 5.48. The smallest absolute Gasteiger partial charge is 0.306 e. The van der Waals surface area contributed by atoms with Crippen LogP contribution in [0, 0.1) is 0 Å². The number of unbranched alkanes of at least 4 members (excludes halogenated alkanes) is 6. The Morgan fingerprint density at radius 1 is 0.350 bits per heavy atom. The van der Waals surface area contributed by atoms with Crippen molar-refractivity contribution < 1.29 is 28.6 Å². The zero-order valence-electron chi connectivity index (χ0n) is 37.9. The second-order valence-electron chi connectivity index (χ2n) is 14.5. The molecule has 60 heavy (non-hydrogen) atoms. The summed E-state index contributed by atoms with van der Waals surface area (Å²) in [6, 6.07) is 0. The van der Waals surface area contributed by atoms with Crippen molar-refractivity contribution in [3.05, 3.63) is 134 Å². The van der Waals surface area contributed by atoms with Gasteiger partial charge in [-0.05, 0) is 103 Å². The first-order valence-corrected chi connectivity index (χ1v) is 23.2. The molecule has 0 N–H and O–H groups in total. The van der Waals surface area contributed by atoms with Crippen molar-refractivity contribution >= 4 is 17.9 Å². The molecule has 0 saturated carbocycles. The Morgan fingerprint density at radius 2 is 0.683 bits per heavy atom. The van der Waals surface area contributed by atoms with E-state index in [0.717, 1.165) is 103 Å². The van der Waals surface area contributed by atoms with E-state index < -0.39 is 12.1 Å². The second-order valence-corrected chi connectivity index (χ2v) is 14.5. The van der Waals surface area contributed by atoms with E-state index >= 15 is 0 Å². The lowest BCUT2D eigenvalue weighted by atomic mass is 10.1. The molecule has 0 fully saturated rings. The molecule has 0 bridgehead atoms. The van der Waals surface area contributed by atoms with E-state index in [1.807, 2.05) is 24.3 Å². The lowest BCUT2D eigenvalue weighted by Crippen LogP contribution is -2.30. The molecule has 0 aliphatic carbocycles. The minimum atomic E-state index is -0.852. The van der Waals surface area contributed by atoms with Gasteiger partial charge in [0, 0.05) is 19.3 Å². The van der Waals surface area contributed by atoms with Crippen molar-refractivity contribution in [1.82, 2.24) is 0 Å². The summed E-state index contributed by atoms with van der Waals surface area (Å²) in [7, 11) is 0. The third-order valence-electron chi connectivity index (χ3n) is 8.88. The first-order valence-electron chi connectivity index (χ1n) is 23.2. The van der Waals surface area contributed by atoms with Gasteiger partial charge in [-0.2, -0.15) is 0 Å². The van der Waals surface area contributed by atoms with Crippen LogP contribution in [-0.2, 0) is 28.6 Å². The standard InChI is InChI=1S/C54H82O6/c1-4-7-10-13-16-19-22-24-25-26-27-28-29-31-32-35-38-41-44-47-53(56)59-50-51(49-58-52(55)46-43-40-37-34-21-18-15-12-9-6-3)60-54(57)48-45-42-39-36-33-30-23-20-17-14-11-8-5-2/h7-8,10-12,15-17,19-20,24-25,27-28,30-33,38-39,41-42,51H,4-6,9,13-14,18,21-23,26,29,34-37,40,43-50H2,1-3H3/b10-7-,11-8-,15-12-,19-16-,20-17-,25-24-,28-27-,32-31-,33-30-,41-38-,42-39-. The topological polar surface area (TPSA) is 78.9 Å². The average molecular weight is 827 g/mol. The monoisotopic (exact) mass is 827 g/mol. The average Bonchev–Trinajstić information content (AvgIpc) is 3.24. The quantitative estimate of drug-likeness (QED) is 0.0266. The largest absolute Gasteiger partial charge is 0.462 e. The van der Waals surface area contributed by atoms with E-state index in [9.17, 15) is 14.4 Å². The summed E-state index contributed by atoms with van der Waals surface area (Å²) in [5.74, 6) is -1.14. The molecule has 0 heterocycles. The molecule has 0 rings (SSSR count). The van der Waals surface area contributed by atoms with Crippen LogP contribution in [0.3, 0.4) is 0 Å². The molecular weight excluding hydrogens is 745 g/mol. The summed E-state index contributed by atoms with van der Waals surface area (Å²) in [5.41, 5.74) is 0. The molecular formula is C54H82O6. The molecule has 334 valence electrons. The number of carbonyl (C=O) groups excluding carboxylic acids is 3. The van der Waals surface area contributed by atoms with Crippen LogP contribution >= 0.6 is 0 Å². The van der Waals surface area contributed by atoms with Crippen molar-refractivity contribution in [2.24, 2.45) is 0 Å². The van der Waals surface area contributed by atoms with Gasteiger partial charge < -0.3 is 14.2 Å². The Kier molecular flexibility index (Phi) is 43.7. The van der Waals surface area contributed by atoms with Crippen LogP contribution in [-0.4, -0.2) is 37.2 Å². The SMILES string of the molecule is CC/C=C\C/C=C\C/C=C\C/C=C\C/C=C\C/C=C\CCC(=O)OCC(COC(=O)CCCCCCC/C=C\CCC)OC(=O)CC/C=C\C/C=C\C/C=C\C/C=C\CC. The number of hydrogen-bond donors (Lipinski definition) is 0. The highest BCUT2D eigenvalue weighted by Gasteiger charge is 2.19. The van der Waals surface area contributed by atoms with Crippen molar-refractivity contribution in [2.45, 2.75) is 175 Å². The molecule has 6 heteroatoms. The van der Waals surface area contributed by atoms with Gasteiger partial charge in [0.2, 0.25) is 0 Å². The van der Waals surface area contributed by atoms with E-state index in [-0.39, 0.29) is 38.0 Å². The molecule has 6 nitrogen and oxygen atoms in total. The Morgan fingerprint density at radius 3 is 1.12 bits per heavy atom. The summed E-state index contributed by atoms with van der Waals surface area (Å²) in [6.45, 7) is 6.17. The molecule has 1 unspecified atom stereocenters. The highest BCUT2D eigenvalue weighted by atomic mass is 16.6. The first kappa shape index (κ1) is 55.5. The van der Waals surface area contributed by atoms with Crippen LogP contribution in [0.1, 0.15) is 168 Å². The van der Waals surface area contributed by atoms with Gasteiger partial charge in [-0.15, -0.1) is 0 Å². The Hall–Kier alpha value is -4.45. The molecule has 0 radical (unpaired) electrons. The van der Waals surface area contributed by atoms with E-state index in [0.29, 0.717) is 19.3 Å². The Balaban J connectivity index is 4.60. The molecule has 1 atom stereocenters. The molecule has 0 aliphatic rings. The maximum absolute atomic E-state index is 12.7. The molecule has 0 saturated heterocycles. The number of carbonyl (C=O) groups is 3. The van der Waals surface area contributed by atoms with E-state index in [4.69, 9.17) is 14.2 Å². The minimum Gasteiger partial charge on any atom is -0.462 e. The van der Waals surface area contributed by atoms with Gasteiger partial charge in [0.05, 0.1) is 0 Å². The van der Waals surface area contributed by atoms with Crippen LogP contribution in [0.15, 0.2) is 134 Å². The zero-order chi connectivity index (χ0) is 43.7. The maximum atomic E-state index is 12.7. The lowest BCUT2D eigenvalue weighted by molar-refractivity contribution is -0.166. The molecule has 0 amide bonds. The van der Waals surface area contributed by atoms with Crippen molar-refractivity contribution in [2.75, 3.05) is 13.2 Å². The number of hydrogen-bond acceptors (Lipinski definition) is 6. The van der Waals surface area contributed by atoms with Gasteiger partial charge in [0.1, 0.15) is 13.2 Å². The van der Waals surface area contributed by atoms with Gasteiger partial charge >= 0.3 is 17.9 Å². The Labute approximate surface area is 366 Å².